The zero-order valence-electron chi connectivity index (χ0n) is 8.64. The third kappa shape index (κ3) is 3.61. The quantitative estimate of drug-likeness (QED) is 0.684. The maximum absolute atomic E-state index is 11.5. The van der Waals surface area contributed by atoms with Gasteiger partial charge in [-0.3, -0.25) is 4.79 Å². The first-order valence-electron chi connectivity index (χ1n) is 4.36. The number of hydrogen-bond acceptors (Lipinski definition) is 5. The van der Waals surface area contributed by atoms with Crippen LogP contribution in [0.1, 0.15) is 10.4 Å². The van der Waals surface area contributed by atoms with Crippen molar-refractivity contribution < 1.29 is 14.3 Å². The fourth-order valence-corrected chi connectivity index (χ4v) is 0.957. The van der Waals surface area contributed by atoms with Gasteiger partial charge in [-0.25, -0.2) is 9.97 Å². The van der Waals surface area contributed by atoms with Gasteiger partial charge >= 0.3 is 0 Å². The first kappa shape index (κ1) is 11.5. The van der Waals surface area contributed by atoms with Gasteiger partial charge in [0.1, 0.15) is 6.33 Å². The molecule has 0 spiro atoms. The summed E-state index contributed by atoms with van der Waals surface area (Å²) >= 11 is 0. The summed E-state index contributed by atoms with van der Waals surface area (Å²) < 4.78 is 9.84. The minimum Gasteiger partial charge on any atom is -0.354 e. The van der Waals surface area contributed by atoms with Gasteiger partial charge in [0.05, 0.1) is 12.1 Å². The highest BCUT2D eigenvalue weighted by atomic mass is 16.7. The molecule has 0 atom stereocenters. The Kier molecular flexibility index (Phi) is 4.65. The second-order valence-corrected chi connectivity index (χ2v) is 2.74. The molecule has 6 nitrogen and oxygen atoms in total. The fourth-order valence-electron chi connectivity index (χ4n) is 0.957. The van der Waals surface area contributed by atoms with Gasteiger partial charge in [0, 0.05) is 26.6 Å². The van der Waals surface area contributed by atoms with E-state index in [1.807, 2.05) is 0 Å². The summed E-state index contributed by atoms with van der Waals surface area (Å²) in [5.74, 6) is -0.255. The largest absolute Gasteiger partial charge is 0.354 e. The van der Waals surface area contributed by atoms with Crippen LogP contribution in [0.25, 0.3) is 0 Å². The highest BCUT2D eigenvalue weighted by Crippen LogP contribution is 1.94. The number of nitrogens with one attached hydrogen (secondary N) is 1. The Labute approximate surface area is 87.6 Å². The number of nitrogens with zero attached hydrogens (tertiary/aromatic N) is 2. The molecule has 15 heavy (non-hydrogen) atoms. The maximum Gasteiger partial charge on any atom is 0.254 e. The van der Waals surface area contributed by atoms with Gasteiger partial charge in [-0.2, -0.15) is 0 Å². The van der Waals surface area contributed by atoms with Crippen molar-refractivity contribution in [1.82, 2.24) is 15.3 Å². The summed E-state index contributed by atoms with van der Waals surface area (Å²) in [5.41, 5.74) is 0.406. The van der Waals surface area contributed by atoms with Crippen molar-refractivity contribution in [3.8, 4) is 0 Å². The van der Waals surface area contributed by atoms with Crippen LogP contribution < -0.4 is 5.32 Å². The number of carbonyl (C=O) groups excluding carboxylic acids is 1. The number of methoxy groups -OCH3 is 2. The Bertz CT molecular complexity index is 301. The van der Waals surface area contributed by atoms with Crippen LogP contribution in [-0.4, -0.2) is 42.9 Å². The molecule has 1 aromatic rings. The van der Waals surface area contributed by atoms with E-state index in [4.69, 9.17) is 9.47 Å². The lowest BCUT2D eigenvalue weighted by atomic mass is 10.3. The van der Waals surface area contributed by atoms with Gasteiger partial charge in [0.2, 0.25) is 0 Å². The van der Waals surface area contributed by atoms with Gasteiger partial charge < -0.3 is 14.8 Å². The van der Waals surface area contributed by atoms with Gasteiger partial charge in [-0.15, -0.1) is 0 Å². The predicted octanol–water partition coefficient (Wildman–Crippen LogP) is -0.175. The van der Waals surface area contributed by atoms with E-state index in [0.29, 0.717) is 5.56 Å². The van der Waals surface area contributed by atoms with Crippen LogP contribution in [-0.2, 0) is 9.47 Å². The first-order chi connectivity index (χ1) is 7.27. The van der Waals surface area contributed by atoms with Crippen molar-refractivity contribution in [3.63, 3.8) is 0 Å². The molecule has 0 unspecified atom stereocenters. The van der Waals surface area contributed by atoms with Crippen molar-refractivity contribution >= 4 is 5.91 Å². The van der Waals surface area contributed by atoms with Gasteiger partial charge in [0.15, 0.2) is 6.29 Å². The molecule has 1 N–H and O–H groups in total. The molecule has 0 aromatic carbocycles. The molecule has 0 aliphatic carbocycles. The monoisotopic (exact) mass is 211 g/mol. The summed E-state index contributed by atoms with van der Waals surface area (Å²) in [6.07, 6.45) is 3.80. The van der Waals surface area contributed by atoms with Gasteiger partial charge in [-0.1, -0.05) is 0 Å². The molecule has 82 valence electrons. The lowest BCUT2D eigenvalue weighted by Crippen LogP contribution is -2.34. The number of rotatable bonds is 5. The molecule has 0 saturated carbocycles. The standard InChI is InChI=1S/C9H13N3O3/c1-14-8(15-2)5-12-9(13)7-3-10-6-11-4-7/h3-4,6,8H,5H2,1-2H3,(H,12,13). The van der Waals surface area contributed by atoms with E-state index >= 15 is 0 Å². The Morgan fingerprint density at radius 1 is 1.40 bits per heavy atom. The van der Waals surface area contributed by atoms with Crippen molar-refractivity contribution in [2.75, 3.05) is 20.8 Å². The van der Waals surface area contributed by atoms with Crippen molar-refractivity contribution in [2.24, 2.45) is 0 Å². The lowest BCUT2D eigenvalue weighted by molar-refractivity contribution is -0.0974. The molecule has 6 heteroatoms. The molecule has 0 aliphatic heterocycles. The molecule has 1 aromatic heterocycles. The lowest BCUT2D eigenvalue weighted by Gasteiger charge is -2.13. The normalized spacial score (nSPS) is 10.3. The molecular weight excluding hydrogens is 198 g/mol. The minimum atomic E-state index is -0.446. The molecule has 1 amide bonds. The van der Waals surface area contributed by atoms with Crippen molar-refractivity contribution in [2.45, 2.75) is 6.29 Å². The van der Waals surface area contributed by atoms with Crippen molar-refractivity contribution in [1.29, 1.82) is 0 Å². The van der Waals surface area contributed by atoms with Crippen LogP contribution in [0.15, 0.2) is 18.7 Å². The number of carbonyl (C=O) groups is 1. The number of amides is 1. The van der Waals surface area contributed by atoms with Gasteiger partial charge in [-0.05, 0) is 0 Å². The van der Waals surface area contributed by atoms with E-state index in [2.05, 4.69) is 15.3 Å². The summed E-state index contributed by atoms with van der Waals surface area (Å²) in [5, 5.41) is 2.63. The number of hydrogen-bond donors (Lipinski definition) is 1. The van der Waals surface area contributed by atoms with Crippen LogP contribution in [0, 0.1) is 0 Å². The predicted molar refractivity (Wildman–Crippen MR) is 52.2 cm³/mol. The van der Waals surface area contributed by atoms with Crippen LogP contribution in [0.5, 0.6) is 0 Å². The molecule has 1 rings (SSSR count). The van der Waals surface area contributed by atoms with Crippen LogP contribution in [0.2, 0.25) is 0 Å². The van der Waals surface area contributed by atoms with E-state index in [1.165, 1.54) is 32.9 Å². The zero-order valence-corrected chi connectivity index (χ0v) is 8.64. The highest BCUT2D eigenvalue weighted by molar-refractivity contribution is 5.93. The van der Waals surface area contributed by atoms with E-state index in [0.717, 1.165) is 0 Å². The third-order valence-electron chi connectivity index (χ3n) is 1.78. The SMILES string of the molecule is COC(CNC(=O)c1cncnc1)OC. The minimum absolute atomic E-state index is 0.255. The molecule has 0 bridgehead atoms. The van der Waals surface area contributed by atoms with Crippen molar-refractivity contribution in [3.05, 3.63) is 24.3 Å². The molecular formula is C9H13N3O3. The Morgan fingerprint density at radius 2 is 2.00 bits per heavy atom. The topological polar surface area (TPSA) is 73.3 Å². The second-order valence-electron chi connectivity index (χ2n) is 2.74. The van der Waals surface area contributed by atoms with E-state index in [9.17, 15) is 4.79 Å². The molecule has 0 aliphatic rings. The molecule has 0 saturated heterocycles. The first-order valence-corrected chi connectivity index (χ1v) is 4.36. The van der Waals surface area contributed by atoms with Crippen LogP contribution >= 0.6 is 0 Å². The molecule has 0 fully saturated rings. The smallest absolute Gasteiger partial charge is 0.254 e. The summed E-state index contributed by atoms with van der Waals surface area (Å²) in [6.45, 7) is 0.278. The Morgan fingerprint density at radius 3 is 2.53 bits per heavy atom. The summed E-state index contributed by atoms with van der Waals surface area (Å²) in [4.78, 5) is 19.0. The maximum atomic E-state index is 11.5. The van der Waals surface area contributed by atoms with Gasteiger partial charge in [0.25, 0.3) is 5.91 Å². The average molecular weight is 211 g/mol. The fraction of sp³-hybridized carbons (Fsp3) is 0.444. The Hall–Kier alpha value is -1.53. The van der Waals surface area contributed by atoms with E-state index < -0.39 is 6.29 Å². The van der Waals surface area contributed by atoms with E-state index in [-0.39, 0.29) is 12.5 Å². The molecule has 1 heterocycles. The zero-order chi connectivity index (χ0) is 11.1. The average Bonchev–Trinajstić information content (AvgIpc) is 2.31. The third-order valence-corrected chi connectivity index (χ3v) is 1.78. The molecule has 0 radical (unpaired) electrons. The second kappa shape index (κ2) is 6.05. The Balaban J connectivity index is 2.43. The van der Waals surface area contributed by atoms with E-state index in [1.54, 1.807) is 0 Å². The van der Waals surface area contributed by atoms with Crippen LogP contribution in [0.4, 0.5) is 0 Å². The van der Waals surface area contributed by atoms with Crippen LogP contribution in [0.3, 0.4) is 0 Å². The highest BCUT2D eigenvalue weighted by Gasteiger charge is 2.09. The summed E-state index contributed by atoms with van der Waals surface area (Å²) in [6, 6.07) is 0. The summed E-state index contributed by atoms with van der Waals surface area (Å²) in [7, 11) is 3.01. The number of ether oxygens (including phenoxy) is 2. The number of aromatic nitrogens is 2.